The fraction of sp³-hybridized carbons (Fsp3) is 0.520. The molecular formula is C25H37BN4O4. The van der Waals surface area contributed by atoms with Gasteiger partial charge in [0.05, 0.1) is 12.1 Å². The zero-order valence-electron chi connectivity index (χ0n) is 21.0. The Morgan fingerprint density at radius 3 is 2.12 bits per heavy atom. The van der Waals surface area contributed by atoms with Gasteiger partial charge < -0.3 is 19.9 Å². The number of hydrogen-bond acceptors (Lipinski definition) is 6. The topological polar surface area (TPSA) is 102 Å². The van der Waals surface area contributed by atoms with Crippen molar-refractivity contribution in [3.05, 3.63) is 60.2 Å². The van der Waals surface area contributed by atoms with E-state index in [9.17, 15) is 9.59 Å². The number of carbonyl (C=O) groups is 2. The van der Waals surface area contributed by atoms with Crippen LogP contribution in [0.2, 0.25) is 0 Å². The molecule has 0 aliphatic carbocycles. The van der Waals surface area contributed by atoms with E-state index in [-0.39, 0.29) is 29.8 Å². The van der Waals surface area contributed by atoms with Crippen molar-refractivity contribution >= 4 is 18.9 Å². The zero-order valence-corrected chi connectivity index (χ0v) is 21.0. The monoisotopic (exact) mass is 468 g/mol. The number of benzene rings is 1. The van der Waals surface area contributed by atoms with Crippen LogP contribution in [-0.2, 0) is 20.5 Å². The van der Waals surface area contributed by atoms with Crippen LogP contribution in [0.25, 0.3) is 0 Å². The van der Waals surface area contributed by atoms with Gasteiger partial charge in [-0.1, -0.05) is 44.2 Å². The summed E-state index contributed by atoms with van der Waals surface area (Å²) in [4.78, 5) is 34.3. The number of nitrogens with one attached hydrogen (secondary N) is 2. The molecule has 0 bridgehead atoms. The summed E-state index contributed by atoms with van der Waals surface area (Å²) in [6, 6.07) is 8.75. The average molecular weight is 468 g/mol. The molecule has 0 saturated heterocycles. The summed E-state index contributed by atoms with van der Waals surface area (Å²) < 4.78 is 12.1. The van der Waals surface area contributed by atoms with Crippen LogP contribution in [0, 0.1) is 5.92 Å². The van der Waals surface area contributed by atoms with E-state index in [1.54, 1.807) is 0 Å². The van der Waals surface area contributed by atoms with Gasteiger partial charge in [0.15, 0.2) is 0 Å². The highest BCUT2D eigenvalue weighted by Crippen LogP contribution is 2.14. The second kappa shape index (κ2) is 13.8. The maximum Gasteiger partial charge on any atom is 0.481 e. The quantitative estimate of drug-likeness (QED) is 0.438. The Balaban J connectivity index is 2.26. The number of hydrogen-bond donors (Lipinski definition) is 2. The van der Waals surface area contributed by atoms with Crippen molar-refractivity contribution in [2.45, 2.75) is 78.6 Å². The first kappa shape index (κ1) is 27.5. The lowest BCUT2D eigenvalue weighted by Gasteiger charge is -2.30. The van der Waals surface area contributed by atoms with Crippen molar-refractivity contribution in [3.8, 4) is 0 Å². The second-order valence-electron chi connectivity index (χ2n) is 9.29. The molecule has 2 N–H and O–H groups in total. The van der Waals surface area contributed by atoms with E-state index in [0.29, 0.717) is 18.8 Å². The highest BCUT2D eigenvalue weighted by Gasteiger charge is 2.36. The molecule has 1 aromatic heterocycles. The van der Waals surface area contributed by atoms with E-state index < -0.39 is 19.1 Å². The molecule has 2 unspecified atom stereocenters. The van der Waals surface area contributed by atoms with Crippen LogP contribution in [-0.4, -0.2) is 53.1 Å². The molecule has 184 valence electrons. The van der Waals surface area contributed by atoms with E-state index in [0.717, 1.165) is 5.56 Å². The average Bonchev–Trinajstić information content (AvgIpc) is 2.78. The predicted molar refractivity (Wildman–Crippen MR) is 133 cm³/mol. The summed E-state index contributed by atoms with van der Waals surface area (Å²) in [5, 5.41) is 5.92. The molecule has 0 aliphatic heterocycles. The van der Waals surface area contributed by atoms with Gasteiger partial charge in [-0.15, -0.1) is 0 Å². The van der Waals surface area contributed by atoms with Gasteiger partial charge in [-0.25, -0.2) is 4.98 Å². The Bertz CT molecular complexity index is 871. The second-order valence-corrected chi connectivity index (χ2v) is 9.29. The summed E-state index contributed by atoms with van der Waals surface area (Å²) in [6.07, 6.45) is 5.14. The largest absolute Gasteiger partial charge is 0.481 e. The number of rotatable bonds is 13. The highest BCUT2D eigenvalue weighted by molar-refractivity contribution is 6.47. The van der Waals surface area contributed by atoms with Crippen LogP contribution < -0.4 is 10.6 Å². The van der Waals surface area contributed by atoms with E-state index >= 15 is 0 Å². The Kier molecular flexibility index (Phi) is 11.2. The molecule has 1 aromatic carbocycles. The van der Waals surface area contributed by atoms with Gasteiger partial charge in [0.1, 0.15) is 11.7 Å². The van der Waals surface area contributed by atoms with Crippen LogP contribution in [0.4, 0.5) is 0 Å². The van der Waals surface area contributed by atoms with Crippen molar-refractivity contribution in [2.24, 2.45) is 5.92 Å². The zero-order chi connectivity index (χ0) is 25.1. The summed E-state index contributed by atoms with van der Waals surface area (Å²) in [5.41, 5.74) is 1.08. The number of amides is 2. The Morgan fingerprint density at radius 1 is 0.941 bits per heavy atom. The molecule has 0 aliphatic rings. The van der Waals surface area contributed by atoms with E-state index in [1.807, 2.05) is 58.0 Å². The van der Waals surface area contributed by atoms with Gasteiger partial charge in [-0.05, 0) is 45.6 Å². The normalized spacial score (nSPS) is 13.1. The Hall–Kier alpha value is -2.78. The van der Waals surface area contributed by atoms with Crippen LogP contribution in [0.1, 0.15) is 64.0 Å². The minimum Gasteiger partial charge on any atom is -0.408 e. The summed E-state index contributed by atoms with van der Waals surface area (Å²) in [7, 11) is -0.612. The first-order chi connectivity index (χ1) is 16.2. The predicted octanol–water partition coefficient (Wildman–Crippen LogP) is 3.23. The van der Waals surface area contributed by atoms with E-state index in [2.05, 4.69) is 34.4 Å². The summed E-state index contributed by atoms with van der Waals surface area (Å²) >= 11 is 0. The molecule has 0 saturated carbocycles. The van der Waals surface area contributed by atoms with Crippen molar-refractivity contribution < 1.29 is 18.9 Å². The van der Waals surface area contributed by atoms with E-state index in [1.165, 1.54) is 18.6 Å². The molecule has 9 heteroatoms. The van der Waals surface area contributed by atoms with Gasteiger partial charge >= 0.3 is 7.12 Å². The molecular weight excluding hydrogens is 431 g/mol. The SMILES string of the molecule is CC(C)CC(NC(=O)C(Cc1ccccc1)NC(=O)c1cnccn1)B(OC(C)C)OC(C)C. The molecule has 2 rings (SSSR count). The van der Waals surface area contributed by atoms with Crippen molar-refractivity contribution in [3.63, 3.8) is 0 Å². The molecule has 2 amide bonds. The summed E-state index contributed by atoms with van der Waals surface area (Å²) in [6.45, 7) is 11.9. The number of aromatic nitrogens is 2. The van der Waals surface area contributed by atoms with Gasteiger partial charge in [0.25, 0.3) is 5.91 Å². The third kappa shape index (κ3) is 9.61. The molecule has 1 heterocycles. The number of carbonyl (C=O) groups excluding carboxylic acids is 2. The molecule has 2 aromatic rings. The lowest BCUT2D eigenvalue weighted by Crippen LogP contribution is -2.57. The van der Waals surface area contributed by atoms with Gasteiger partial charge in [-0.3, -0.25) is 14.6 Å². The first-order valence-electron chi connectivity index (χ1n) is 11.9. The number of nitrogens with zero attached hydrogens (tertiary/aromatic N) is 2. The van der Waals surface area contributed by atoms with Gasteiger partial charge in [0, 0.05) is 31.0 Å². The first-order valence-corrected chi connectivity index (χ1v) is 11.9. The summed E-state index contributed by atoms with van der Waals surface area (Å²) in [5.74, 6) is -0.862. The third-order valence-corrected chi connectivity index (χ3v) is 4.89. The van der Waals surface area contributed by atoms with Crippen molar-refractivity contribution in [2.75, 3.05) is 0 Å². The molecule has 2 atom stereocenters. The van der Waals surface area contributed by atoms with Crippen molar-refractivity contribution in [1.82, 2.24) is 20.6 Å². The fourth-order valence-electron chi connectivity index (χ4n) is 3.50. The lowest BCUT2D eigenvalue weighted by molar-refractivity contribution is -0.123. The molecule has 0 spiro atoms. The minimum atomic E-state index is -0.815. The highest BCUT2D eigenvalue weighted by atomic mass is 16.6. The Morgan fingerprint density at radius 2 is 1.59 bits per heavy atom. The van der Waals surface area contributed by atoms with Crippen molar-refractivity contribution in [1.29, 1.82) is 0 Å². The maximum atomic E-state index is 13.5. The van der Waals surface area contributed by atoms with E-state index in [4.69, 9.17) is 9.31 Å². The third-order valence-electron chi connectivity index (χ3n) is 4.89. The molecule has 0 radical (unpaired) electrons. The van der Waals surface area contributed by atoms with Gasteiger partial charge in [-0.2, -0.15) is 0 Å². The standard InChI is InChI=1S/C25H37BN4O4/c1-17(2)14-23(26(33-18(3)4)34-19(5)6)30-24(31)21(15-20-10-8-7-9-11-20)29-25(32)22-16-27-12-13-28-22/h7-13,16-19,21,23H,14-15H2,1-6H3,(H,29,32)(H,30,31). The maximum absolute atomic E-state index is 13.5. The van der Waals surface area contributed by atoms with Crippen LogP contribution in [0.15, 0.2) is 48.9 Å². The molecule has 34 heavy (non-hydrogen) atoms. The lowest BCUT2D eigenvalue weighted by atomic mass is 9.73. The van der Waals surface area contributed by atoms with Crippen LogP contribution in [0.5, 0.6) is 0 Å². The van der Waals surface area contributed by atoms with Crippen LogP contribution >= 0.6 is 0 Å². The smallest absolute Gasteiger partial charge is 0.408 e. The minimum absolute atomic E-state index is 0.0770. The van der Waals surface area contributed by atoms with Crippen LogP contribution in [0.3, 0.4) is 0 Å². The fourth-order valence-corrected chi connectivity index (χ4v) is 3.50. The van der Waals surface area contributed by atoms with Gasteiger partial charge in [0.2, 0.25) is 5.91 Å². The Labute approximate surface area is 203 Å². The molecule has 0 fully saturated rings. The molecule has 8 nitrogen and oxygen atoms in total.